The second-order valence-corrected chi connectivity index (χ2v) is 6.66. The van der Waals surface area contributed by atoms with Crippen molar-refractivity contribution < 1.29 is 17.6 Å². The van der Waals surface area contributed by atoms with Crippen LogP contribution in [-0.4, -0.2) is 31.9 Å². The first-order chi connectivity index (χ1) is 7.13. The molecule has 0 aliphatic rings. The monoisotopic (exact) mass is 256 g/mol. The third-order valence-electron chi connectivity index (χ3n) is 1.80. The van der Waals surface area contributed by atoms with Gasteiger partial charge < -0.3 is 0 Å². The van der Waals surface area contributed by atoms with Crippen molar-refractivity contribution in [3.63, 3.8) is 0 Å². The van der Waals surface area contributed by atoms with Gasteiger partial charge in [0.2, 0.25) is 12.9 Å². The lowest BCUT2D eigenvalue weighted by Gasteiger charge is -2.00. The highest BCUT2D eigenvalue weighted by Gasteiger charge is 2.03. The molecule has 0 aliphatic carbocycles. The van der Waals surface area contributed by atoms with Gasteiger partial charge in [0.05, 0.1) is 0 Å². The molecule has 0 spiro atoms. The zero-order valence-corrected chi connectivity index (χ0v) is 10.6. The Balaban J connectivity index is 2.93. The summed E-state index contributed by atoms with van der Waals surface area (Å²) < 4.78 is 46.9. The van der Waals surface area contributed by atoms with E-state index in [0.717, 1.165) is 36.8 Å². The van der Waals surface area contributed by atoms with E-state index in [9.17, 15) is 17.6 Å². The number of rotatable bonds is 10. The summed E-state index contributed by atoms with van der Waals surface area (Å²) in [7, 11) is 1.46. The van der Waals surface area contributed by atoms with Crippen LogP contribution in [0.25, 0.3) is 0 Å². The van der Waals surface area contributed by atoms with Crippen molar-refractivity contribution in [2.24, 2.45) is 0 Å². The van der Waals surface area contributed by atoms with Gasteiger partial charge in [-0.05, 0) is 0 Å². The molecule has 0 saturated heterocycles. The fraction of sp³-hybridized carbons (Fsp3) is 1.00. The smallest absolute Gasteiger partial charge is 0.211 e. The van der Waals surface area contributed by atoms with Gasteiger partial charge >= 0.3 is 0 Å². The minimum absolute atomic E-state index is 0.00148. The Hall–Kier alpha value is 0.154. The molecule has 0 nitrogen and oxygen atoms in total. The third kappa shape index (κ3) is 14.2. The Kier molecular flexibility index (Phi) is 10.8. The van der Waals surface area contributed by atoms with Crippen LogP contribution in [0, 0.1) is 0 Å². The van der Waals surface area contributed by atoms with E-state index in [2.05, 4.69) is 0 Å². The molecule has 0 aromatic rings. The van der Waals surface area contributed by atoms with E-state index >= 15 is 0 Å². The fourth-order valence-corrected chi connectivity index (χ4v) is 4.06. The molecule has 0 amide bonds. The van der Waals surface area contributed by atoms with E-state index in [4.69, 9.17) is 0 Å². The van der Waals surface area contributed by atoms with Crippen LogP contribution in [0.4, 0.5) is 17.6 Å². The molecule has 0 N–H and O–H groups in total. The molecule has 0 saturated carbocycles. The zero-order valence-electron chi connectivity index (χ0n) is 8.62. The normalized spacial score (nSPS) is 11.6. The van der Waals surface area contributed by atoms with Gasteiger partial charge in [0.1, 0.15) is 0 Å². The number of hydrogen-bond acceptors (Lipinski definition) is 0. The predicted molar refractivity (Wildman–Crippen MR) is 56.4 cm³/mol. The largest absolute Gasteiger partial charge is 0.238 e. The minimum Gasteiger partial charge on any atom is -0.211 e. The highest BCUT2D eigenvalue weighted by Crippen LogP contribution is 2.08. The fourth-order valence-electron chi connectivity index (χ4n) is 1.03. The Morgan fingerprint density at radius 2 is 1.13 bits per heavy atom. The average Bonchev–Trinajstić information content (AvgIpc) is 2.14. The molecule has 88 valence electrons. The number of halogens is 4. The maximum absolute atomic E-state index is 11.7. The molecule has 0 fully saturated rings. The quantitative estimate of drug-likeness (QED) is 0.318. The van der Waals surface area contributed by atoms with E-state index in [-0.39, 0.29) is 12.8 Å². The minimum atomic E-state index is -2.18. The Morgan fingerprint density at radius 1 is 0.733 bits per heavy atom. The maximum atomic E-state index is 11.7. The summed E-state index contributed by atoms with van der Waals surface area (Å²) in [6, 6.07) is 1.73. The predicted octanol–water partition coefficient (Wildman–Crippen LogP) is 3.70. The van der Waals surface area contributed by atoms with E-state index in [0.29, 0.717) is 12.8 Å². The molecule has 6 heteroatoms. The lowest BCUT2D eigenvalue weighted by atomic mass is 10.3. The van der Waals surface area contributed by atoms with Gasteiger partial charge in [-0.1, -0.05) is 30.6 Å². The molecule has 0 aliphatic heterocycles. The van der Waals surface area contributed by atoms with E-state index in [1.165, 1.54) is 0 Å². The molecule has 0 aromatic carbocycles. The molecule has 0 aromatic heterocycles. The molecule has 15 heavy (non-hydrogen) atoms. The molecule has 0 atom stereocenters. The van der Waals surface area contributed by atoms with Gasteiger partial charge in [-0.2, -0.15) is 0 Å². The summed E-state index contributed by atoms with van der Waals surface area (Å²) in [5.74, 6) is 0. The second-order valence-electron chi connectivity index (χ2n) is 3.24. The van der Waals surface area contributed by atoms with Crippen LogP contribution in [-0.2, 0) is 0 Å². The van der Waals surface area contributed by atoms with Crippen LogP contribution in [0.1, 0.15) is 25.7 Å². The molecule has 0 rings (SSSR count). The lowest BCUT2D eigenvalue weighted by molar-refractivity contribution is 0.136. The average molecular weight is 256 g/mol. The van der Waals surface area contributed by atoms with Crippen molar-refractivity contribution in [1.82, 2.24) is 0 Å². The van der Waals surface area contributed by atoms with Crippen molar-refractivity contribution >= 4 is 19.0 Å². The van der Waals surface area contributed by atoms with Gasteiger partial charge in [-0.15, -0.1) is 0 Å². The topological polar surface area (TPSA) is 0 Å². The van der Waals surface area contributed by atoms with Gasteiger partial charge in [0, 0.05) is 31.9 Å². The van der Waals surface area contributed by atoms with E-state index in [1.807, 2.05) is 0 Å². The third-order valence-corrected chi connectivity index (χ3v) is 5.22. The van der Waals surface area contributed by atoms with Crippen molar-refractivity contribution in [2.45, 2.75) is 56.3 Å². The summed E-state index contributed by atoms with van der Waals surface area (Å²) in [5, 5.41) is 0. The summed E-state index contributed by atoms with van der Waals surface area (Å²) >= 11 is 0. The van der Waals surface area contributed by atoms with Crippen molar-refractivity contribution in [2.75, 3.05) is 0 Å². The van der Waals surface area contributed by atoms with Gasteiger partial charge in [0.25, 0.3) is 0 Å². The van der Waals surface area contributed by atoms with Crippen molar-refractivity contribution in [1.29, 1.82) is 0 Å². The standard InChI is InChI=1S/C9H16F4Si2/c10-8(11)3-1-5-14-7-15-6-2-4-9(12)13/h8-9H,1-7H2. The maximum Gasteiger partial charge on any atom is 0.238 e. The second kappa shape index (κ2) is 10.7. The zero-order chi connectivity index (χ0) is 11.5. The van der Waals surface area contributed by atoms with E-state index < -0.39 is 12.9 Å². The molecular formula is C9H16F4Si2. The number of hydrogen-bond donors (Lipinski definition) is 0. The first kappa shape index (κ1) is 15.2. The van der Waals surface area contributed by atoms with Crippen LogP contribution in [0.2, 0.25) is 17.8 Å². The van der Waals surface area contributed by atoms with Gasteiger partial charge in [0.15, 0.2) is 0 Å². The first-order valence-electron chi connectivity index (χ1n) is 5.10. The van der Waals surface area contributed by atoms with Crippen molar-refractivity contribution in [3.8, 4) is 0 Å². The van der Waals surface area contributed by atoms with Crippen LogP contribution in [0.5, 0.6) is 0 Å². The summed E-state index contributed by atoms with van der Waals surface area (Å²) in [6.07, 6.45) is -3.16. The van der Waals surface area contributed by atoms with Crippen LogP contribution in [0.15, 0.2) is 0 Å². The first-order valence-corrected chi connectivity index (χ1v) is 7.93. The van der Waals surface area contributed by atoms with Crippen LogP contribution < -0.4 is 0 Å². The Morgan fingerprint density at radius 3 is 1.47 bits per heavy atom. The molecule has 0 heterocycles. The van der Waals surface area contributed by atoms with Crippen molar-refractivity contribution in [3.05, 3.63) is 0 Å². The molecule has 0 unspecified atom stereocenters. The van der Waals surface area contributed by atoms with Gasteiger partial charge in [-0.25, -0.2) is 17.6 Å². The summed E-state index contributed by atoms with van der Waals surface area (Å²) in [5.41, 5.74) is 1.03. The highest BCUT2D eigenvalue weighted by atomic mass is 28.3. The number of alkyl halides is 4. The molecule has 0 bridgehead atoms. The lowest BCUT2D eigenvalue weighted by Crippen LogP contribution is -2.00. The van der Waals surface area contributed by atoms with Gasteiger partial charge in [-0.3, -0.25) is 0 Å². The van der Waals surface area contributed by atoms with Crippen LogP contribution in [0.3, 0.4) is 0 Å². The SMILES string of the molecule is FC(F)CCC[Si]C[Si]CCCC(F)F. The summed E-state index contributed by atoms with van der Waals surface area (Å²) in [6.45, 7) is 0. The van der Waals surface area contributed by atoms with Crippen LogP contribution >= 0.6 is 0 Å². The molecule has 4 radical (unpaired) electrons. The Bertz CT molecular complexity index is 119. The summed E-state index contributed by atoms with van der Waals surface area (Å²) in [4.78, 5) is 0. The molecular weight excluding hydrogens is 240 g/mol. The Labute approximate surface area is 93.5 Å². The van der Waals surface area contributed by atoms with E-state index in [1.54, 1.807) is 0 Å². The highest BCUT2D eigenvalue weighted by molar-refractivity contribution is 6.55.